The van der Waals surface area contributed by atoms with E-state index in [0.717, 1.165) is 32.3 Å². The molecule has 0 bridgehead atoms. The Bertz CT molecular complexity index is 748. The molecule has 0 heterocycles. The summed E-state index contributed by atoms with van der Waals surface area (Å²) in [5.41, 5.74) is 4.60. The van der Waals surface area contributed by atoms with E-state index < -0.39 is 11.5 Å². The zero-order chi connectivity index (χ0) is 17.3. The van der Waals surface area contributed by atoms with Crippen molar-refractivity contribution in [1.82, 2.24) is 10.0 Å². The highest BCUT2D eigenvalue weighted by Gasteiger charge is 2.29. The van der Waals surface area contributed by atoms with Crippen LogP contribution in [0.4, 0.5) is 9.59 Å². The fourth-order valence-corrected chi connectivity index (χ4v) is 3.04. The molecular weight excluding hydrogens is 328 g/mol. The summed E-state index contributed by atoms with van der Waals surface area (Å²) in [6, 6.07) is 16.2. The Hall–Kier alpha value is -2.53. The summed E-state index contributed by atoms with van der Waals surface area (Å²) in [5.74, 6) is -0.0215. The van der Waals surface area contributed by atoms with Gasteiger partial charge in [0, 0.05) is 20.0 Å². The Balaban J connectivity index is 1.79. The fraction of sp³-hybridized carbons (Fsp3) is 0.222. The van der Waals surface area contributed by atoms with E-state index in [1.54, 1.807) is 0 Å². The summed E-state index contributed by atoms with van der Waals surface area (Å²) in [7, 11) is 2.83. The van der Waals surface area contributed by atoms with E-state index in [4.69, 9.17) is 16.3 Å². The number of nitrogens with zero attached hydrogens (tertiary/aromatic N) is 2. The number of amides is 2. The van der Waals surface area contributed by atoms with Gasteiger partial charge >= 0.3 is 11.5 Å². The van der Waals surface area contributed by atoms with Gasteiger partial charge in [-0.05, 0) is 33.9 Å². The van der Waals surface area contributed by atoms with Crippen LogP contribution in [-0.2, 0) is 4.74 Å². The number of fused-ring (bicyclic) bond motifs is 3. The summed E-state index contributed by atoms with van der Waals surface area (Å²) in [6.07, 6.45) is -0.631. The molecule has 2 amide bonds. The third-order valence-electron chi connectivity index (χ3n) is 4.30. The third-order valence-corrected chi connectivity index (χ3v) is 4.55. The summed E-state index contributed by atoms with van der Waals surface area (Å²) in [4.78, 5) is 23.2. The average Bonchev–Trinajstić information content (AvgIpc) is 2.92. The van der Waals surface area contributed by atoms with E-state index in [-0.39, 0.29) is 12.5 Å². The second-order valence-electron chi connectivity index (χ2n) is 5.60. The van der Waals surface area contributed by atoms with Gasteiger partial charge in [0.15, 0.2) is 0 Å². The zero-order valence-corrected chi connectivity index (χ0v) is 14.2. The largest absolute Gasteiger partial charge is 0.447 e. The highest BCUT2D eigenvalue weighted by atomic mass is 35.5. The first kappa shape index (κ1) is 16.3. The summed E-state index contributed by atoms with van der Waals surface area (Å²) >= 11 is 5.37. The van der Waals surface area contributed by atoms with Crippen LogP contribution < -0.4 is 0 Å². The van der Waals surface area contributed by atoms with E-state index in [2.05, 4.69) is 12.1 Å². The lowest BCUT2D eigenvalue weighted by atomic mass is 9.98. The van der Waals surface area contributed by atoms with Crippen LogP contribution in [0.2, 0.25) is 0 Å². The van der Waals surface area contributed by atoms with Gasteiger partial charge in [0.2, 0.25) is 0 Å². The van der Waals surface area contributed by atoms with Crippen LogP contribution >= 0.6 is 11.6 Å². The number of hydrogen-bond donors (Lipinski definition) is 0. The van der Waals surface area contributed by atoms with Gasteiger partial charge in [-0.1, -0.05) is 48.5 Å². The van der Waals surface area contributed by atoms with Crippen molar-refractivity contribution in [2.75, 3.05) is 20.7 Å². The average molecular weight is 345 g/mol. The second kappa shape index (κ2) is 6.53. The van der Waals surface area contributed by atoms with Crippen LogP contribution in [0.25, 0.3) is 11.1 Å². The first-order valence-corrected chi connectivity index (χ1v) is 7.90. The van der Waals surface area contributed by atoms with Crippen LogP contribution in [0.5, 0.6) is 0 Å². The lowest BCUT2D eigenvalue weighted by Crippen LogP contribution is -2.43. The van der Waals surface area contributed by atoms with E-state index >= 15 is 0 Å². The molecule has 0 saturated heterocycles. The van der Waals surface area contributed by atoms with Gasteiger partial charge in [-0.15, -0.1) is 0 Å². The molecule has 2 aromatic rings. The molecule has 6 heteroatoms. The van der Waals surface area contributed by atoms with Crippen LogP contribution in [-0.4, -0.2) is 42.2 Å². The molecule has 0 aromatic heterocycles. The van der Waals surface area contributed by atoms with E-state index in [1.165, 1.54) is 14.1 Å². The number of carbonyl (C=O) groups excluding carboxylic acids is 2. The Labute approximate surface area is 145 Å². The number of hydrogen-bond acceptors (Lipinski definition) is 3. The highest BCUT2D eigenvalue weighted by molar-refractivity contribution is 6.62. The predicted molar refractivity (Wildman–Crippen MR) is 91.8 cm³/mol. The summed E-state index contributed by atoms with van der Waals surface area (Å²) < 4.78 is 5.41. The number of rotatable bonds is 2. The normalized spacial score (nSPS) is 12.3. The van der Waals surface area contributed by atoms with Crippen molar-refractivity contribution in [3.8, 4) is 11.1 Å². The van der Waals surface area contributed by atoms with Gasteiger partial charge in [-0.3, -0.25) is 4.79 Å². The molecule has 0 radical (unpaired) electrons. The molecule has 0 spiro atoms. The Morgan fingerprint density at radius 1 is 0.958 bits per heavy atom. The number of benzene rings is 2. The van der Waals surface area contributed by atoms with Crippen LogP contribution in [0.1, 0.15) is 17.0 Å². The highest BCUT2D eigenvalue weighted by Crippen LogP contribution is 2.44. The monoisotopic (exact) mass is 344 g/mol. The van der Waals surface area contributed by atoms with Crippen LogP contribution in [0.3, 0.4) is 0 Å². The Morgan fingerprint density at radius 3 is 1.96 bits per heavy atom. The first-order valence-electron chi connectivity index (χ1n) is 7.52. The van der Waals surface area contributed by atoms with Crippen molar-refractivity contribution in [2.24, 2.45) is 0 Å². The van der Waals surface area contributed by atoms with Crippen molar-refractivity contribution in [1.29, 1.82) is 0 Å². The van der Waals surface area contributed by atoms with Gasteiger partial charge in [0.05, 0.1) is 0 Å². The molecule has 0 saturated carbocycles. The van der Waals surface area contributed by atoms with E-state index in [1.807, 2.05) is 36.4 Å². The maximum Gasteiger partial charge on any atom is 0.428 e. The maximum absolute atomic E-state index is 12.1. The topological polar surface area (TPSA) is 49.9 Å². The van der Waals surface area contributed by atoms with Gasteiger partial charge in [-0.2, -0.15) is 0 Å². The van der Waals surface area contributed by atoms with Gasteiger partial charge in [0.1, 0.15) is 6.61 Å². The Kier molecular flexibility index (Phi) is 4.44. The minimum Gasteiger partial charge on any atom is -0.447 e. The first-order chi connectivity index (χ1) is 11.5. The third kappa shape index (κ3) is 2.83. The van der Waals surface area contributed by atoms with Crippen molar-refractivity contribution in [2.45, 2.75) is 5.92 Å². The van der Waals surface area contributed by atoms with Gasteiger partial charge in [-0.25, -0.2) is 14.8 Å². The fourth-order valence-electron chi connectivity index (χ4n) is 2.93. The predicted octanol–water partition coefficient (Wildman–Crippen LogP) is 4.07. The summed E-state index contributed by atoms with van der Waals surface area (Å²) in [5, 5.41) is 1.27. The van der Waals surface area contributed by atoms with Crippen molar-refractivity contribution >= 4 is 23.1 Å². The standard InChI is InChI=1S/C18H17ClN2O3/c1-20(17(19)22)21(2)18(23)24-11-16-14-9-5-3-7-12(14)13-8-4-6-10-15(13)16/h3-10,16H,11H2,1-2H3. The Morgan fingerprint density at radius 2 is 1.46 bits per heavy atom. The molecule has 1 aliphatic carbocycles. The maximum atomic E-state index is 12.1. The SMILES string of the molecule is CN(C(=O)Cl)N(C)C(=O)OCC1c2ccccc2-c2ccccc21. The van der Waals surface area contributed by atoms with Crippen LogP contribution in [0.15, 0.2) is 48.5 Å². The molecule has 0 fully saturated rings. The number of carbonyl (C=O) groups is 2. The molecule has 2 aromatic carbocycles. The molecule has 24 heavy (non-hydrogen) atoms. The molecule has 1 aliphatic rings. The second-order valence-corrected chi connectivity index (χ2v) is 5.93. The minimum atomic E-state index is -0.758. The van der Waals surface area contributed by atoms with Gasteiger partial charge in [0.25, 0.3) is 0 Å². The van der Waals surface area contributed by atoms with Crippen molar-refractivity contribution in [3.63, 3.8) is 0 Å². The lowest BCUT2D eigenvalue weighted by Gasteiger charge is -2.26. The van der Waals surface area contributed by atoms with E-state index in [9.17, 15) is 9.59 Å². The molecule has 0 atom stereocenters. The number of halogens is 1. The molecular formula is C18H17ClN2O3. The number of ether oxygens (including phenoxy) is 1. The quantitative estimate of drug-likeness (QED) is 0.468. The molecule has 3 rings (SSSR count). The lowest BCUT2D eigenvalue weighted by molar-refractivity contribution is 0.0412. The van der Waals surface area contributed by atoms with Crippen molar-refractivity contribution in [3.05, 3.63) is 59.7 Å². The molecule has 0 N–H and O–H groups in total. The van der Waals surface area contributed by atoms with Gasteiger partial charge < -0.3 is 4.74 Å². The van der Waals surface area contributed by atoms with Crippen molar-refractivity contribution < 1.29 is 14.3 Å². The zero-order valence-electron chi connectivity index (χ0n) is 13.4. The molecule has 124 valence electrons. The van der Waals surface area contributed by atoms with E-state index in [0.29, 0.717) is 0 Å². The smallest absolute Gasteiger partial charge is 0.428 e. The molecule has 0 aliphatic heterocycles. The van der Waals surface area contributed by atoms with Crippen LogP contribution in [0, 0.1) is 0 Å². The minimum absolute atomic E-state index is 0.0215. The molecule has 5 nitrogen and oxygen atoms in total. The number of hydrazine groups is 1. The summed E-state index contributed by atoms with van der Waals surface area (Å²) in [6.45, 7) is 0.196. The molecule has 0 unspecified atom stereocenters.